The van der Waals surface area contributed by atoms with Crippen molar-refractivity contribution in [1.29, 1.82) is 0 Å². The molecule has 3 rings (SSSR count). The zero-order valence-corrected chi connectivity index (χ0v) is 18.5. The molecule has 2 aromatic carbocycles. The zero-order valence-electron chi connectivity index (χ0n) is 18.5. The fourth-order valence-electron chi connectivity index (χ4n) is 4.20. The summed E-state index contributed by atoms with van der Waals surface area (Å²) in [6.07, 6.45) is 2.34. The highest BCUT2D eigenvalue weighted by atomic mass is 16.5. The monoisotopic (exact) mass is 410 g/mol. The Morgan fingerprint density at radius 3 is 2.63 bits per heavy atom. The SMILES string of the molecule is COc1cccc(NC(=O)C(NCC2CCCOC2C(C)(C)C)c2ccccc2)c1. The first-order valence-corrected chi connectivity index (χ1v) is 10.7. The van der Waals surface area contributed by atoms with Crippen molar-refractivity contribution in [2.45, 2.75) is 45.8 Å². The summed E-state index contributed by atoms with van der Waals surface area (Å²) >= 11 is 0. The lowest BCUT2D eigenvalue weighted by Gasteiger charge is -2.40. The van der Waals surface area contributed by atoms with Crippen LogP contribution < -0.4 is 15.4 Å². The summed E-state index contributed by atoms with van der Waals surface area (Å²) in [6.45, 7) is 8.21. The van der Waals surface area contributed by atoms with Crippen molar-refractivity contribution in [3.63, 3.8) is 0 Å². The number of ether oxygens (including phenoxy) is 2. The van der Waals surface area contributed by atoms with E-state index in [1.54, 1.807) is 7.11 Å². The van der Waals surface area contributed by atoms with Gasteiger partial charge in [-0.2, -0.15) is 0 Å². The van der Waals surface area contributed by atoms with Gasteiger partial charge in [0.2, 0.25) is 5.91 Å². The third-order valence-electron chi connectivity index (χ3n) is 5.61. The van der Waals surface area contributed by atoms with Gasteiger partial charge in [-0.15, -0.1) is 0 Å². The summed E-state index contributed by atoms with van der Waals surface area (Å²) in [5, 5.41) is 6.56. The topological polar surface area (TPSA) is 59.6 Å². The first kappa shape index (κ1) is 22.3. The predicted octanol–water partition coefficient (Wildman–Crippen LogP) is 4.81. The highest BCUT2D eigenvalue weighted by Gasteiger charge is 2.36. The molecular formula is C25H34N2O3. The van der Waals surface area contributed by atoms with Crippen molar-refractivity contribution in [1.82, 2.24) is 5.32 Å². The lowest BCUT2D eigenvalue weighted by atomic mass is 9.78. The summed E-state index contributed by atoms with van der Waals surface area (Å²) < 4.78 is 11.4. The molecule has 5 heteroatoms. The van der Waals surface area contributed by atoms with Gasteiger partial charge in [0, 0.05) is 24.9 Å². The number of hydrogen-bond acceptors (Lipinski definition) is 4. The molecule has 5 nitrogen and oxygen atoms in total. The first-order valence-electron chi connectivity index (χ1n) is 10.7. The van der Waals surface area contributed by atoms with Crippen LogP contribution >= 0.6 is 0 Å². The number of hydrogen-bond donors (Lipinski definition) is 2. The lowest BCUT2D eigenvalue weighted by molar-refractivity contribution is -0.118. The molecule has 1 heterocycles. The Hall–Kier alpha value is -2.37. The molecule has 1 amide bonds. The molecule has 1 fully saturated rings. The molecule has 162 valence electrons. The lowest BCUT2D eigenvalue weighted by Crippen LogP contribution is -2.46. The molecule has 1 saturated heterocycles. The van der Waals surface area contributed by atoms with Gasteiger partial charge in [0.15, 0.2) is 0 Å². The van der Waals surface area contributed by atoms with Crippen molar-refractivity contribution in [3.8, 4) is 5.75 Å². The molecule has 0 aliphatic carbocycles. The van der Waals surface area contributed by atoms with E-state index in [9.17, 15) is 4.79 Å². The second-order valence-electron chi connectivity index (χ2n) is 9.03. The van der Waals surface area contributed by atoms with Crippen LogP contribution in [-0.2, 0) is 9.53 Å². The van der Waals surface area contributed by atoms with E-state index in [1.807, 2.05) is 54.6 Å². The fraction of sp³-hybridized carbons (Fsp3) is 0.480. The van der Waals surface area contributed by atoms with Crippen LogP contribution in [0.5, 0.6) is 5.75 Å². The maximum atomic E-state index is 13.2. The number of rotatable bonds is 7. The molecule has 0 saturated carbocycles. The van der Waals surface area contributed by atoms with E-state index in [0.29, 0.717) is 11.7 Å². The molecule has 2 aromatic rings. The van der Waals surface area contributed by atoms with Gasteiger partial charge in [-0.3, -0.25) is 4.79 Å². The van der Waals surface area contributed by atoms with Gasteiger partial charge >= 0.3 is 0 Å². The van der Waals surface area contributed by atoms with E-state index in [2.05, 4.69) is 31.4 Å². The number of methoxy groups -OCH3 is 1. The minimum atomic E-state index is -0.444. The van der Waals surface area contributed by atoms with Gasteiger partial charge in [0.1, 0.15) is 11.8 Å². The quantitative estimate of drug-likeness (QED) is 0.688. The van der Waals surface area contributed by atoms with Gasteiger partial charge in [-0.05, 0) is 41.9 Å². The smallest absolute Gasteiger partial charge is 0.246 e. The number of nitrogens with one attached hydrogen (secondary N) is 2. The zero-order chi connectivity index (χ0) is 21.6. The summed E-state index contributed by atoms with van der Waals surface area (Å²) in [6, 6.07) is 16.8. The molecule has 0 bridgehead atoms. The number of carbonyl (C=O) groups excluding carboxylic acids is 1. The standard InChI is InChI=1S/C25H34N2O3/c1-25(2,3)23-19(12-9-15-30-23)17-26-22(18-10-6-5-7-11-18)24(28)27-20-13-8-14-21(16-20)29-4/h5-8,10-11,13-14,16,19,22-23,26H,9,12,15,17H2,1-4H3,(H,27,28). The van der Waals surface area contributed by atoms with Crippen molar-refractivity contribution in [2.24, 2.45) is 11.3 Å². The first-order chi connectivity index (χ1) is 14.4. The molecule has 3 unspecified atom stereocenters. The average Bonchev–Trinajstić information content (AvgIpc) is 2.74. The second-order valence-corrected chi connectivity index (χ2v) is 9.03. The Bertz CT molecular complexity index is 817. The Labute approximate surface area is 180 Å². The molecular weight excluding hydrogens is 376 g/mol. The summed E-state index contributed by atoms with van der Waals surface area (Å²) in [7, 11) is 1.62. The van der Waals surface area contributed by atoms with E-state index in [4.69, 9.17) is 9.47 Å². The largest absolute Gasteiger partial charge is 0.497 e. The Kier molecular flexibility index (Phi) is 7.51. The van der Waals surface area contributed by atoms with Crippen LogP contribution in [0.15, 0.2) is 54.6 Å². The number of benzene rings is 2. The highest BCUT2D eigenvalue weighted by molar-refractivity contribution is 5.95. The molecule has 0 spiro atoms. The predicted molar refractivity (Wildman–Crippen MR) is 121 cm³/mol. The third kappa shape index (κ3) is 5.83. The maximum Gasteiger partial charge on any atom is 0.246 e. The number of anilines is 1. The van der Waals surface area contributed by atoms with Crippen LogP contribution in [0.4, 0.5) is 5.69 Å². The molecule has 0 radical (unpaired) electrons. The van der Waals surface area contributed by atoms with Gasteiger partial charge < -0.3 is 20.1 Å². The van der Waals surface area contributed by atoms with Gasteiger partial charge in [0.05, 0.1) is 13.2 Å². The van der Waals surface area contributed by atoms with Crippen molar-refractivity contribution >= 4 is 11.6 Å². The van der Waals surface area contributed by atoms with E-state index in [0.717, 1.165) is 37.2 Å². The fourth-order valence-corrected chi connectivity index (χ4v) is 4.20. The molecule has 1 aliphatic rings. The molecule has 2 N–H and O–H groups in total. The summed E-state index contributed by atoms with van der Waals surface area (Å²) in [5.41, 5.74) is 1.73. The molecule has 1 aliphatic heterocycles. The Balaban J connectivity index is 1.75. The van der Waals surface area contributed by atoms with E-state index >= 15 is 0 Å². The maximum absolute atomic E-state index is 13.2. The minimum Gasteiger partial charge on any atom is -0.497 e. The normalized spacial score (nSPS) is 20.4. The van der Waals surface area contributed by atoms with Crippen molar-refractivity contribution in [3.05, 3.63) is 60.2 Å². The third-order valence-corrected chi connectivity index (χ3v) is 5.61. The molecule has 3 atom stereocenters. The van der Waals surface area contributed by atoms with E-state index in [-0.39, 0.29) is 17.4 Å². The Morgan fingerprint density at radius 2 is 1.93 bits per heavy atom. The highest BCUT2D eigenvalue weighted by Crippen LogP contribution is 2.34. The molecule has 30 heavy (non-hydrogen) atoms. The van der Waals surface area contributed by atoms with Crippen molar-refractivity contribution < 1.29 is 14.3 Å². The minimum absolute atomic E-state index is 0.0673. The van der Waals surface area contributed by atoms with Crippen LogP contribution in [0.1, 0.15) is 45.2 Å². The van der Waals surface area contributed by atoms with Crippen molar-refractivity contribution in [2.75, 3.05) is 25.6 Å². The van der Waals surface area contributed by atoms with E-state index < -0.39 is 6.04 Å². The Morgan fingerprint density at radius 1 is 1.17 bits per heavy atom. The van der Waals surface area contributed by atoms with Crippen LogP contribution in [0, 0.1) is 11.3 Å². The van der Waals surface area contributed by atoms with Gasteiger partial charge in [-0.25, -0.2) is 0 Å². The summed E-state index contributed by atoms with van der Waals surface area (Å²) in [5.74, 6) is 0.998. The van der Waals surface area contributed by atoms with Gasteiger partial charge in [-0.1, -0.05) is 57.2 Å². The van der Waals surface area contributed by atoms with E-state index in [1.165, 1.54) is 0 Å². The average molecular weight is 411 g/mol. The summed E-state index contributed by atoms with van der Waals surface area (Å²) in [4.78, 5) is 13.2. The number of carbonyl (C=O) groups is 1. The van der Waals surface area contributed by atoms with Crippen LogP contribution in [-0.4, -0.2) is 32.3 Å². The van der Waals surface area contributed by atoms with Crippen LogP contribution in [0.25, 0.3) is 0 Å². The second kappa shape index (κ2) is 10.1. The number of amides is 1. The van der Waals surface area contributed by atoms with Crippen LogP contribution in [0.2, 0.25) is 0 Å². The van der Waals surface area contributed by atoms with Crippen LogP contribution in [0.3, 0.4) is 0 Å². The van der Waals surface area contributed by atoms with Gasteiger partial charge in [0.25, 0.3) is 0 Å². The molecule has 0 aromatic heterocycles.